The number of aryl methyl sites for hydroxylation is 1. The van der Waals surface area contributed by atoms with Crippen LogP contribution in [0.25, 0.3) is 5.76 Å². The molecule has 1 N–H and O–H groups in total. The van der Waals surface area contributed by atoms with E-state index < -0.39 is 17.7 Å². The third kappa shape index (κ3) is 4.44. The van der Waals surface area contributed by atoms with E-state index in [1.165, 1.54) is 4.90 Å². The Kier molecular flexibility index (Phi) is 7.10. The first kappa shape index (κ1) is 25.0. The summed E-state index contributed by atoms with van der Waals surface area (Å²) in [5, 5.41) is 11.6. The highest BCUT2D eigenvalue weighted by molar-refractivity contribution is 6.51. The molecule has 0 spiro atoms. The molecule has 1 aliphatic rings. The molecule has 4 rings (SSSR count). The van der Waals surface area contributed by atoms with E-state index in [0.29, 0.717) is 35.1 Å². The zero-order valence-corrected chi connectivity index (χ0v) is 21.1. The number of hydrogen-bond acceptors (Lipinski definition) is 6. The van der Waals surface area contributed by atoms with Crippen LogP contribution in [0.2, 0.25) is 0 Å². The molecule has 3 aromatic rings. The number of methoxy groups -OCH3 is 1. The summed E-state index contributed by atoms with van der Waals surface area (Å²) in [5.41, 5.74) is 3.06. The van der Waals surface area contributed by atoms with Gasteiger partial charge < -0.3 is 14.6 Å². The van der Waals surface area contributed by atoms with Crippen LogP contribution >= 0.6 is 0 Å². The number of carbonyl (C=O) groups is 2. The Morgan fingerprint density at radius 2 is 1.83 bits per heavy atom. The quantitative estimate of drug-likeness (QED) is 0.268. The van der Waals surface area contributed by atoms with Crippen LogP contribution in [-0.4, -0.2) is 35.5 Å². The summed E-state index contributed by atoms with van der Waals surface area (Å²) in [7, 11) is 1.60. The van der Waals surface area contributed by atoms with Crippen LogP contribution in [0.3, 0.4) is 0 Å². The van der Waals surface area contributed by atoms with Crippen molar-refractivity contribution in [1.29, 1.82) is 0 Å². The lowest BCUT2D eigenvalue weighted by atomic mass is 9.92. The van der Waals surface area contributed by atoms with Gasteiger partial charge in [0.2, 0.25) is 0 Å². The summed E-state index contributed by atoms with van der Waals surface area (Å²) in [6.45, 7) is 8.28. The zero-order valence-electron chi connectivity index (χ0n) is 21.1. The SMILES string of the molecule is CCOc1ccc(N2C(=O)C(=O)/C(=C(/O)c3cc(C(C)C)c(OC)cc3C)C2c2ccccn2)cc1. The number of aromatic nitrogens is 1. The van der Waals surface area contributed by atoms with E-state index in [4.69, 9.17) is 9.47 Å². The molecule has 1 saturated heterocycles. The number of carbonyl (C=O) groups excluding carboxylic acids is 2. The van der Waals surface area contributed by atoms with Gasteiger partial charge in [0.25, 0.3) is 11.7 Å². The molecule has 186 valence electrons. The van der Waals surface area contributed by atoms with Crippen molar-refractivity contribution in [2.24, 2.45) is 0 Å². The number of aliphatic hydroxyl groups is 1. The van der Waals surface area contributed by atoms with E-state index in [9.17, 15) is 14.7 Å². The molecule has 1 fully saturated rings. The average Bonchev–Trinajstić information content (AvgIpc) is 3.14. The van der Waals surface area contributed by atoms with Crippen molar-refractivity contribution >= 4 is 23.1 Å². The van der Waals surface area contributed by atoms with Gasteiger partial charge in [0.15, 0.2) is 0 Å². The Hall–Kier alpha value is -4.13. The number of ketones is 1. The van der Waals surface area contributed by atoms with Crippen LogP contribution < -0.4 is 14.4 Å². The lowest BCUT2D eigenvalue weighted by Crippen LogP contribution is -2.29. The van der Waals surface area contributed by atoms with Crippen LogP contribution in [0, 0.1) is 6.92 Å². The predicted octanol–water partition coefficient (Wildman–Crippen LogP) is 5.55. The smallest absolute Gasteiger partial charge is 0.300 e. The zero-order chi connectivity index (χ0) is 26.0. The minimum Gasteiger partial charge on any atom is -0.507 e. The Labute approximate surface area is 211 Å². The number of benzene rings is 2. The van der Waals surface area contributed by atoms with E-state index in [1.807, 2.05) is 39.8 Å². The number of pyridine rings is 1. The fourth-order valence-corrected chi connectivity index (χ4v) is 4.51. The average molecular weight is 487 g/mol. The first-order chi connectivity index (χ1) is 17.3. The van der Waals surface area contributed by atoms with Crippen LogP contribution in [-0.2, 0) is 9.59 Å². The Morgan fingerprint density at radius 3 is 2.42 bits per heavy atom. The molecule has 2 aromatic carbocycles. The van der Waals surface area contributed by atoms with Gasteiger partial charge in [-0.15, -0.1) is 0 Å². The number of Topliss-reactive ketones (excluding diaryl/α,β-unsaturated/α-hetero) is 1. The third-order valence-electron chi connectivity index (χ3n) is 6.29. The Balaban J connectivity index is 1.92. The number of nitrogens with zero attached hydrogens (tertiary/aromatic N) is 2. The van der Waals surface area contributed by atoms with Crippen molar-refractivity contribution in [2.75, 3.05) is 18.6 Å². The molecule has 7 heteroatoms. The maximum Gasteiger partial charge on any atom is 0.300 e. The van der Waals surface area contributed by atoms with Crippen LogP contribution in [0.4, 0.5) is 5.69 Å². The van der Waals surface area contributed by atoms with E-state index in [1.54, 1.807) is 55.8 Å². The van der Waals surface area contributed by atoms with Gasteiger partial charge >= 0.3 is 0 Å². The topological polar surface area (TPSA) is 89.0 Å². The van der Waals surface area contributed by atoms with Crippen molar-refractivity contribution in [2.45, 2.75) is 39.7 Å². The molecule has 1 unspecified atom stereocenters. The monoisotopic (exact) mass is 486 g/mol. The van der Waals surface area contributed by atoms with E-state index >= 15 is 0 Å². The standard InChI is InChI=1S/C29H30N2O5/c1-6-36-20-12-10-19(11-13-20)31-26(23-9-7-8-14-30-23)25(28(33)29(31)34)27(32)22-16-21(17(2)3)24(35-5)15-18(22)4/h7-17,26,32H,6H2,1-5H3/b27-25+. The molecule has 2 heterocycles. The number of rotatable bonds is 7. The molecule has 1 aliphatic heterocycles. The van der Waals surface area contributed by atoms with Gasteiger partial charge in [-0.1, -0.05) is 19.9 Å². The lowest BCUT2D eigenvalue weighted by molar-refractivity contribution is -0.132. The van der Waals surface area contributed by atoms with E-state index in [2.05, 4.69) is 4.98 Å². The number of aliphatic hydroxyl groups excluding tert-OH is 1. The van der Waals surface area contributed by atoms with E-state index in [-0.39, 0.29) is 17.3 Å². The van der Waals surface area contributed by atoms with Crippen LogP contribution in [0.15, 0.2) is 66.4 Å². The second kappa shape index (κ2) is 10.2. The van der Waals surface area contributed by atoms with Crippen LogP contribution in [0.1, 0.15) is 55.1 Å². The largest absolute Gasteiger partial charge is 0.507 e. The molecule has 0 saturated carbocycles. The van der Waals surface area contributed by atoms with Gasteiger partial charge in [0, 0.05) is 17.4 Å². The minimum absolute atomic E-state index is 0.00411. The van der Waals surface area contributed by atoms with Gasteiger partial charge in [-0.05, 0) is 79.4 Å². The number of ether oxygens (including phenoxy) is 2. The number of hydrogen-bond donors (Lipinski definition) is 1. The molecular formula is C29H30N2O5. The van der Waals surface area contributed by atoms with Gasteiger partial charge in [0.05, 0.1) is 25.0 Å². The van der Waals surface area contributed by atoms with Crippen molar-refractivity contribution in [3.8, 4) is 11.5 Å². The maximum atomic E-state index is 13.4. The van der Waals surface area contributed by atoms with Gasteiger partial charge in [0.1, 0.15) is 23.3 Å². The molecule has 0 radical (unpaired) electrons. The maximum absolute atomic E-state index is 13.4. The van der Waals surface area contributed by atoms with Crippen molar-refractivity contribution < 1.29 is 24.2 Å². The molecule has 1 aromatic heterocycles. The summed E-state index contributed by atoms with van der Waals surface area (Å²) >= 11 is 0. The Bertz CT molecular complexity index is 1310. The molecule has 0 aliphatic carbocycles. The first-order valence-electron chi connectivity index (χ1n) is 11.9. The van der Waals surface area contributed by atoms with Crippen molar-refractivity contribution in [1.82, 2.24) is 4.98 Å². The van der Waals surface area contributed by atoms with Gasteiger partial charge in [-0.2, -0.15) is 0 Å². The van der Waals surface area contributed by atoms with Crippen LogP contribution in [0.5, 0.6) is 11.5 Å². The highest BCUT2D eigenvalue weighted by Gasteiger charge is 2.47. The summed E-state index contributed by atoms with van der Waals surface area (Å²) in [6, 6.07) is 15.0. The number of anilines is 1. The van der Waals surface area contributed by atoms with Gasteiger partial charge in [-0.25, -0.2) is 0 Å². The third-order valence-corrected chi connectivity index (χ3v) is 6.29. The fraction of sp³-hybridized carbons (Fsp3) is 0.276. The fourth-order valence-electron chi connectivity index (χ4n) is 4.51. The van der Waals surface area contributed by atoms with Crippen molar-refractivity contribution in [3.63, 3.8) is 0 Å². The summed E-state index contributed by atoms with van der Waals surface area (Å²) in [6.07, 6.45) is 1.60. The normalized spacial score (nSPS) is 17.1. The lowest BCUT2D eigenvalue weighted by Gasteiger charge is -2.25. The molecule has 1 atom stereocenters. The second-order valence-corrected chi connectivity index (χ2v) is 8.91. The second-order valence-electron chi connectivity index (χ2n) is 8.91. The highest BCUT2D eigenvalue weighted by Crippen LogP contribution is 2.43. The summed E-state index contributed by atoms with van der Waals surface area (Å²) < 4.78 is 11.1. The molecule has 7 nitrogen and oxygen atoms in total. The van der Waals surface area contributed by atoms with E-state index in [0.717, 1.165) is 11.1 Å². The molecule has 36 heavy (non-hydrogen) atoms. The summed E-state index contributed by atoms with van der Waals surface area (Å²) in [5.74, 6) is -0.258. The summed E-state index contributed by atoms with van der Waals surface area (Å²) in [4.78, 5) is 32.6. The van der Waals surface area contributed by atoms with Gasteiger partial charge in [-0.3, -0.25) is 19.5 Å². The first-order valence-corrected chi connectivity index (χ1v) is 11.9. The Morgan fingerprint density at radius 1 is 1.11 bits per heavy atom. The molecular weight excluding hydrogens is 456 g/mol. The molecule has 1 amide bonds. The highest BCUT2D eigenvalue weighted by atomic mass is 16.5. The molecule has 0 bridgehead atoms. The predicted molar refractivity (Wildman–Crippen MR) is 138 cm³/mol. The number of amides is 1. The van der Waals surface area contributed by atoms with Crippen molar-refractivity contribution in [3.05, 3.63) is 88.8 Å². The minimum atomic E-state index is -0.895.